The Morgan fingerprint density at radius 2 is 2.29 bits per heavy atom. The summed E-state index contributed by atoms with van der Waals surface area (Å²) in [5, 5.41) is 0. The molecule has 1 aromatic rings. The van der Waals surface area contributed by atoms with Crippen molar-refractivity contribution in [3.05, 3.63) is 28.2 Å². The summed E-state index contributed by atoms with van der Waals surface area (Å²) < 4.78 is 12.2. The molecule has 1 heterocycles. The number of benzene rings is 1. The molecule has 118 valence electrons. The van der Waals surface area contributed by atoms with Crippen LogP contribution in [-0.4, -0.2) is 44.9 Å². The topological polar surface area (TPSA) is 47.7 Å². The van der Waals surface area contributed by atoms with E-state index < -0.39 is 0 Å². The Hall–Kier alpha value is -0.620. The Balaban J connectivity index is 2.10. The molecular weight excluding hydrogens is 332 g/mol. The molecule has 0 aliphatic carbocycles. The van der Waals surface area contributed by atoms with Crippen molar-refractivity contribution in [2.45, 2.75) is 31.4 Å². The third-order valence-corrected chi connectivity index (χ3v) is 4.81. The Bertz CT molecular complexity index is 450. The third kappa shape index (κ3) is 4.42. The molecule has 0 amide bonds. The van der Waals surface area contributed by atoms with Gasteiger partial charge < -0.3 is 15.2 Å². The molecule has 1 fully saturated rings. The van der Waals surface area contributed by atoms with Crippen LogP contribution in [0.4, 0.5) is 0 Å². The first-order valence-electron chi connectivity index (χ1n) is 7.51. The minimum atomic E-state index is 0.153. The van der Waals surface area contributed by atoms with Crippen molar-refractivity contribution in [1.82, 2.24) is 4.90 Å². The first-order chi connectivity index (χ1) is 10.2. The predicted molar refractivity (Wildman–Crippen MR) is 88.7 cm³/mol. The molecule has 0 bridgehead atoms. The Kier molecular flexibility index (Phi) is 6.48. The third-order valence-electron chi connectivity index (χ3n) is 4.08. The van der Waals surface area contributed by atoms with Crippen molar-refractivity contribution in [3.8, 4) is 5.75 Å². The van der Waals surface area contributed by atoms with Crippen LogP contribution in [0.15, 0.2) is 22.7 Å². The van der Waals surface area contributed by atoms with Crippen LogP contribution in [0, 0.1) is 0 Å². The van der Waals surface area contributed by atoms with Gasteiger partial charge in [-0.05, 0) is 50.1 Å². The summed E-state index contributed by atoms with van der Waals surface area (Å²) in [7, 11) is 3.80. The van der Waals surface area contributed by atoms with E-state index in [4.69, 9.17) is 15.2 Å². The molecule has 1 saturated heterocycles. The Labute approximate surface area is 135 Å². The van der Waals surface area contributed by atoms with Crippen molar-refractivity contribution in [3.63, 3.8) is 0 Å². The highest BCUT2D eigenvalue weighted by Crippen LogP contribution is 2.30. The highest BCUT2D eigenvalue weighted by atomic mass is 79.9. The normalized spacial score (nSPS) is 20.5. The molecule has 2 N–H and O–H groups in total. The van der Waals surface area contributed by atoms with E-state index in [2.05, 4.69) is 33.9 Å². The fraction of sp³-hybridized carbons (Fsp3) is 0.625. The quantitative estimate of drug-likeness (QED) is 0.851. The van der Waals surface area contributed by atoms with Gasteiger partial charge in [-0.25, -0.2) is 0 Å². The van der Waals surface area contributed by atoms with Crippen LogP contribution in [-0.2, 0) is 4.74 Å². The lowest BCUT2D eigenvalue weighted by atomic mass is 10.0. The van der Waals surface area contributed by atoms with Crippen molar-refractivity contribution in [1.29, 1.82) is 0 Å². The molecule has 21 heavy (non-hydrogen) atoms. The van der Waals surface area contributed by atoms with Crippen LogP contribution < -0.4 is 10.5 Å². The number of rotatable bonds is 6. The molecule has 5 heteroatoms. The van der Waals surface area contributed by atoms with Crippen molar-refractivity contribution >= 4 is 15.9 Å². The molecule has 1 aliphatic heterocycles. The monoisotopic (exact) mass is 356 g/mol. The van der Waals surface area contributed by atoms with E-state index in [9.17, 15) is 0 Å². The second-order valence-electron chi connectivity index (χ2n) is 5.57. The number of methoxy groups -OCH3 is 1. The number of hydrogen-bond donors (Lipinski definition) is 1. The molecule has 1 aliphatic rings. The van der Waals surface area contributed by atoms with E-state index in [1.54, 1.807) is 7.11 Å². The van der Waals surface area contributed by atoms with Gasteiger partial charge in [0.1, 0.15) is 5.75 Å². The molecule has 0 aromatic heterocycles. The lowest BCUT2D eigenvalue weighted by Gasteiger charge is -2.33. The van der Waals surface area contributed by atoms with Gasteiger partial charge in [0.05, 0.1) is 13.2 Å². The molecule has 2 atom stereocenters. The number of likely N-dealkylation sites (N-methyl/N-ethyl adjacent to an activating group) is 1. The smallest absolute Gasteiger partial charge is 0.119 e. The fourth-order valence-corrected chi connectivity index (χ4v) is 3.36. The molecule has 1 aromatic carbocycles. The van der Waals surface area contributed by atoms with Crippen LogP contribution in [0.2, 0.25) is 0 Å². The Morgan fingerprint density at radius 3 is 2.90 bits per heavy atom. The summed E-state index contributed by atoms with van der Waals surface area (Å²) in [6.07, 6.45) is 3.90. The van der Waals surface area contributed by atoms with E-state index in [-0.39, 0.29) is 6.04 Å². The lowest BCUT2D eigenvalue weighted by Crippen LogP contribution is -2.38. The average Bonchev–Trinajstić information content (AvgIpc) is 2.51. The average molecular weight is 357 g/mol. The molecular formula is C16H25BrN2O2. The molecule has 0 radical (unpaired) electrons. The molecule has 0 saturated carbocycles. The van der Waals surface area contributed by atoms with E-state index >= 15 is 0 Å². The SMILES string of the molecule is COc1ccc(Br)c(C(CN)N(C)CC2CCCCO2)c1. The van der Waals surface area contributed by atoms with Gasteiger partial charge in [-0.3, -0.25) is 4.90 Å². The zero-order chi connectivity index (χ0) is 15.2. The minimum Gasteiger partial charge on any atom is -0.497 e. The van der Waals surface area contributed by atoms with Crippen LogP contribution >= 0.6 is 15.9 Å². The zero-order valence-electron chi connectivity index (χ0n) is 12.8. The van der Waals surface area contributed by atoms with Crippen LogP contribution in [0.5, 0.6) is 5.75 Å². The van der Waals surface area contributed by atoms with Gasteiger partial charge in [-0.15, -0.1) is 0 Å². The van der Waals surface area contributed by atoms with E-state index in [0.29, 0.717) is 12.6 Å². The van der Waals surface area contributed by atoms with E-state index in [1.807, 2.05) is 12.1 Å². The minimum absolute atomic E-state index is 0.153. The first-order valence-corrected chi connectivity index (χ1v) is 8.30. The fourth-order valence-electron chi connectivity index (χ4n) is 2.85. The van der Waals surface area contributed by atoms with Crippen LogP contribution in [0.1, 0.15) is 30.9 Å². The highest BCUT2D eigenvalue weighted by Gasteiger charge is 2.23. The van der Waals surface area contributed by atoms with Gasteiger partial charge in [0.15, 0.2) is 0 Å². The summed E-state index contributed by atoms with van der Waals surface area (Å²) in [6, 6.07) is 6.17. The van der Waals surface area contributed by atoms with Gasteiger partial charge in [0.25, 0.3) is 0 Å². The van der Waals surface area contributed by atoms with E-state index in [1.165, 1.54) is 12.8 Å². The summed E-state index contributed by atoms with van der Waals surface area (Å²) >= 11 is 3.63. The second kappa shape index (κ2) is 8.13. The summed E-state index contributed by atoms with van der Waals surface area (Å²) in [5.74, 6) is 0.856. The summed E-state index contributed by atoms with van der Waals surface area (Å²) in [5.41, 5.74) is 7.19. The maximum Gasteiger partial charge on any atom is 0.119 e. The largest absolute Gasteiger partial charge is 0.497 e. The van der Waals surface area contributed by atoms with Gasteiger partial charge in [0.2, 0.25) is 0 Å². The van der Waals surface area contributed by atoms with Crippen LogP contribution in [0.25, 0.3) is 0 Å². The maximum absolute atomic E-state index is 6.03. The number of nitrogens with zero attached hydrogens (tertiary/aromatic N) is 1. The highest BCUT2D eigenvalue weighted by molar-refractivity contribution is 9.10. The Morgan fingerprint density at radius 1 is 1.48 bits per heavy atom. The summed E-state index contributed by atoms with van der Waals surface area (Å²) in [6.45, 7) is 2.36. The number of ether oxygens (including phenoxy) is 2. The number of hydrogen-bond acceptors (Lipinski definition) is 4. The molecule has 4 nitrogen and oxygen atoms in total. The van der Waals surface area contributed by atoms with E-state index in [0.717, 1.165) is 35.4 Å². The summed E-state index contributed by atoms with van der Waals surface area (Å²) in [4.78, 5) is 2.29. The van der Waals surface area contributed by atoms with Crippen molar-refractivity contribution in [2.75, 3.05) is 33.9 Å². The molecule has 2 rings (SSSR count). The van der Waals surface area contributed by atoms with Crippen LogP contribution in [0.3, 0.4) is 0 Å². The number of nitrogens with two attached hydrogens (primary N) is 1. The van der Waals surface area contributed by atoms with Gasteiger partial charge in [-0.1, -0.05) is 15.9 Å². The lowest BCUT2D eigenvalue weighted by molar-refractivity contribution is -0.00782. The standard InChI is InChI=1S/C16H25BrN2O2/c1-19(11-13-5-3-4-8-21-13)16(10-18)14-9-12(20-2)6-7-15(14)17/h6-7,9,13,16H,3-5,8,10-11,18H2,1-2H3. The van der Waals surface area contributed by atoms with Gasteiger partial charge in [0, 0.05) is 30.2 Å². The maximum atomic E-state index is 6.03. The van der Waals surface area contributed by atoms with Gasteiger partial charge in [-0.2, -0.15) is 0 Å². The first kappa shape index (κ1) is 16.7. The zero-order valence-corrected chi connectivity index (χ0v) is 14.4. The second-order valence-corrected chi connectivity index (χ2v) is 6.42. The van der Waals surface area contributed by atoms with Gasteiger partial charge >= 0.3 is 0 Å². The predicted octanol–water partition coefficient (Wildman–Crippen LogP) is 2.96. The van der Waals surface area contributed by atoms with Crippen molar-refractivity contribution in [2.24, 2.45) is 5.73 Å². The molecule has 0 spiro atoms. The number of halogens is 1. The van der Waals surface area contributed by atoms with Crippen molar-refractivity contribution < 1.29 is 9.47 Å². The molecule has 2 unspecified atom stereocenters.